The van der Waals surface area contributed by atoms with Crippen LogP contribution in [-0.2, 0) is 30.2 Å². The highest BCUT2D eigenvalue weighted by molar-refractivity contribution is 5.30. The first kappa shape index (κ1) is 27.2. The van der Waals surface area contributed by atoms with Crippen molar-refractivity contribution in [3.05, 3.63) is 53.4 Å². The minimum atomic E-state index is -4.41. The number of nitrogens with zero attached hydrogens (tertiary/aromatic N) is 7. The number of aromatic nitrogens is 6. The average Bonchev–Trinajstić information content (AvgIpc) is 3.60. The van der Waals surface area contributed by atoms with Gasteiger partial charge in [0, 0.05) is 18.5 Å². The van der Waals surface area contributed by atoms with Crippen LogP contribution in [-0.4, -0.2) is 60.9 Å². The standard InChI is InChI=1S/C28H36F3N7O2/c1-36(2)26-11-13-27(14-12-26,40-18-26)23-16-38(35-32-23)21-9-7-19(8-10-21)25-34-33-24(37(25)3)17-39-22-6-4-5-20(15-22)28(29,30)31/h4-6,15-16,19,21H,7-14,17-18H2,1-3H3/t19-,21-,26?,27?. The summed E-state index contributed by atoms with van der Waals surface area (Å²) in [5.41, 5.74) is 0.0646. The number of alkyl halides is 3. The van der Waals surface area contributed by atoms with Crippen molar-refractivity contribution in [1.82, 2.24) is 34.7 Å². The smallest absolute Gasteiger partial charge is 0.416 e. The number of benzene rings is 1. The van der Waals surface area contributed by atoms with Gasteiger partial charge in [-0.25, -0.2) is 4.68 Å². The van der Waals surface area contributed by atoms with Crippen LogP contribution in [0.5, 0.6) is 5.75 Å². The van der Waals surface area contributed by atoms with E-state index >= 15 is 0 Å². The SMILES string of the molecule is CN(C)C12CCC(c3cn([C@H]4CC[C@H](c5nnc(COc6cccc(C(F)(F)F)c6)n5C)CC4)nn3)(CC1)OC2. The molecule has 2 saturated carbocycles. The zero-order chi connectivity index (χ0) is 28.1. The van der Waals surface area contributed by atoms with E-state index < -0.39 is 11.7 Å². The van der Waals surface area contributed by atoms with Crippen molar-refractivity contribution >= 4 is 0 Å². The van der Waals surface area contributed by atoms with Crippen LogP contribution >= 0.6 is 0 Å². The summed E-state index contributed by atoms with van der Waals surface area (Å²) in [4.78, 5) is 2.31. The molecular formula is C28H36F3N7O2. The monoisotopic (exact) mass is 559 g/mol. The van der Waals surface area contributed by atoms with E-state index in [1.54, 1.807) is 0 Å². The molecule has 0 amide bonds. The predicted octanol–water partition coefficient (Wildman–Crippen LogP) is 5.00. The maximum Gasteiger partial charge on any atom is 0.416 e. The number of halogens is 3. The lowest BCUT2D eigenvalue weighted by molar-refractivity contribution is -0.193. The van der Waals surface area contributed by atoms with Crippen LogP contribution in [0.25, 0.3) is 0 Å². The van der Waals surface area contributed by atoms with Crippen molar-refractivity contribution in [2.45, 2.75) is 87.2 Å². The molecule has 0 radical (unpaired) electrons. The molecule has 2 aliphatic heterocycles. The summed E-state index contributed by atoms with van der Waals surface area (Å²) < 4.78 is 55.0. The second-order valence-corrected chi connectivity index (χ2v) is 11.8. The molecule has 12 heteroatoms. The first-order valence-electron chi connectivity index (χ1n) is 14.0. The van der Waals surface area contributed by atoms with Gasteiger partial charge in [0.05, 0.1) is 24.4 Å². The van der Waals surface area contributed by atoms with Crippen molar-refractivity contribution in [3.63, 3.8) is 0 Å². The summed E-state index contributed by atoms with van der Waals surface area (Å²) in [6, 6.07) is 5.15. The fourth-order valence-electron chi connectivity index (χ4n) is 6.62. The Morgan fingerprint density at radius 3 is 2.45 bits per heavy atom. The molecule has 4 heterocycles. The number of rotatable bonds is 7. The molecule has 0 spiro atoms. The normalized spacial score (nSPS) is 28.8. The number of ether oxygens (including phenoxy) is 2. The Morgan fingerprint density at radius 2 is 1.80 bits per heavy atom. The van der Waals surface area contributed by atoms with E-state index in [4.69, 9.17) is 9.47 Å². The predicted molar refractivity (Wildman–Crippen MR) is 140 cm³/mol. The lowest BCUT2D eigenvalue weighted by Crippen LogP contribution is -2.60. The lowest BCUT2D eigenvalue weighted by atomic mass is 9.69. The first-order valence-corrected chi connectivity index (χ1v) is 14.0. The number of fused-ring (bicyclic) bond motifs is 3. The Balaban J connectivity index is 1.05. The molecule has 2 saturated heterocycles. The topological polar surface area (TPSA) is 83.1 Å². The second-order valence-electron chi connectivity index (χ2n) is 11.8. The summed E-state index contributed by atoms with van der Waals surface area (Å²) in [6.45, 7) is 0.782. The van der Waals surface area contributed by atoms with Gasteiger partial charge >= 0.3 is 6.18 Å². The maximum absolute atomic E-state index is 13.0. The molecule has 7 rings (SSSR count). The number of likely N-dealkylation sites (N-methyl/N-ethyl adjacent to an activating group) is 1. The van der Waals surface area contributed by atoms with E-state index in [1.807, 2.05) is 16.3 Å². The zero-order valence-electron chi connectivity index (χ0n) is 23.2. The van der Waals surface area contributed by atoms with E-state index in [0.717, 1.165) is 81.6 Å². The van der Waals surface area contributed by atoms with Gasteiger partial charge in [0.2, 0.25) is 0 Å². The highest BCUT2D eigenvalue weighted by Gasteiger charge is 2.53. The minimum absolute atomic E-state index is 0.0430. The number of hydrogen-bond acceptors (Lipinski definition) is 7. The van der Waals surface area contributed by atoms with Crippen molar-refractivity contribution in [2.24, 2.45) is 7.05 Å². The van der Waals surface area contributed by atoms with Crippen LogP contribution in [0, 0.1) is 0 Å². The molecule has 4 aliphatic rings. The summed E-state index contributed by atoms with van der Waals surface area (Å²) in [5, 5.41) is 17.8. The lowest BCUT2D eigenvalue weighted by Gasteiger charge is -2.55. The average molecular weight is 560 g/mol. The number of hydrogen-bond donors (Lipinski definition) is 0. The Bertz CT molecular complexity index is 1320. The Labute approximate surface area is 231 Å². The van der Waals surface area contributed by atoms with Crippen LogP contribution in [0.3, 0.4) is 0 Å². The van der Waals surface area contributed by atoms with Crippen molar-refractivity contribution in [1.29, 1.82) is 0 Å². The van der Waals surface area contributed by atoms with E-state index in [9.17, 15) is 13.2 Å². The summed E-state index contributed by atoms with van der Waals surface area (Å²) in [6.07, 6.45) is 5.64. The van der Waals surface area contributed by atoms with Crippen molar-refractivity contribution in [2.75, 3.05) is 20.7 Å². The molecule has 0 unspecified atom stereocenters. The highest BCUT2D eigenvalue weighted by atomic mass is 19.4. The summed E-state index contributed by atoms with van der Waals surface area (Å²) in [5.74, 6) is 1.85. The third-order valence-electron chi connectivity index (χ3n) is 9.50. The molecule has 4 fully saturated rings. The Hall–Kier alpha value is -2.99. The molecule has 0 N–H and O–H groups in total. The molecule has 3 aromatic rings. The van der Waals surface area contributed by atoms with Gasteiger partial charge in [-0.15, -0.1) is 15.3 Å². The molecule has 1 aromatic carbocycles. The van der Waals surface area contributed by atoms with Crippen LogP contribution < -0.4 is 4.74 Å². The highest BCUT2D eigenvalue weighted by Crippen LogP contribution is 2.50. The van der Waals surface area contributed by atoms with Crippen molar-refractivity contribution in [3.8, 4) is 5.75 Å². The largest absolute Gasteiger partial charge is 0.486 e. The molecule has 2 bridgehead atoms. The minimum Gasteiger partial charge on any atom is -0.486 e. The van der Waals surface area contributed by atoms with Gasteiger partial charge in [-0.05, 0) is 83.7 Å². The zero-order valence-corrected chi connectivity index (χ0v) is 23.2. The van der Waals surface area contributed by atoms with Gasteiger partial charge in [-0.3, -0.25) is 0 Å². The molecule has 40 heavy (non-hydrogen) atoms. The first-order chi connectivity index (χ1) is 19.1. The van der Waals surface area contributed by atoms with Crippen LogP contribution in [0.15, 0.2) is 30.5 Å². The fourth-order valence-corrected chi connectivity index (χ4v) is 6.62. The molecule has 2 aromatic heterocycles. The molecule has 0 atom stereocenters. The van der Waals surface area contributed by atoms with Crippen molar-refractivity contribution < 1.29 is 22.6 Å². The Kier molecular flexibility index (Phi) is 6.89. The van der Waals surface area contributed by atoms with Gasteiger partial charge in [0.25, 0.3) is 0 Å². The molecule has 9 nitrogen and oxygen atoms in total. The summed E-state index contributed by atoms with van der Waals surface area (Å²) in [7, 11) is 6.17. The third kappa shape index (κ3) is 4.89. The van der Waals surface area contributed by atoms with Gasteiger partial charge < -0.3 is 18.9 Å². The van der Waals surface area contributed by atoms with Gasteiger partial charge in [-0.1, -0.05) is 11.3 Å². The molecule has 2 aliphatic carbocycles. The third-order valence-corrected chi connectivity index (χ3v) is 9.50. The van der Waals surface area contributed by atoms with E-state index in [1.165, 1.54) is 12.1 Å². The van der Waals surface area contributed by atoms with E-state index in [2.05, 4.69) is 45.7 Å². The van der Waals surface area contributed by atoms with Gasteiger partial charge in [0.15, 0.2) is 5.82 Å². The van der Waals surface area contributed by atoms with Crippen LogP contribution in [0.1, 0.15) is 86.2 Å². The Morgan fingerprint density at radius 1 is 1.05 bits per heavy atom. The van der Waals surface area contributed by atoms with Gasteiger partial charge in [0.1, 0.15) is 29.5 Å². The van der Waals surface area contributed by atoms with E-state index in [0.29, 0.717) is 5.82 Å². The van der Waals surface area contributed by atoms with Crippen LogP contribution in [0.4, 0.5) is 13.2 Å². The molecular weight excluding hydrogens is 523 g/mol. The van der Waals surface area contributed by atoms with E-state index in [-0.39, 0.29) is 35.5 Å². The second kappa shape index (κ2) is 10.1. The van der Waals surface area contributed by atoms with Crippen LogP contribution in [0.2, 0.25) is 0 Å². The van der Waals surface area contributed by atoms with Gasteiger partial charge in [-0.2, -0.15) is 13.2 Å². The fraction of sp³-hybridized carbons (Fsp3) is 0.643. The maximum atomic E-state index is 13.0. The molecule has 216 valence electrons. The summed E-state index contributed by atoms with van der Waals surface area (Å²) >= 11 is 0. The quantitative estimate of drug-likeness (QED) is 0.403.